The SMILES string of the molecule is CCCn1nc(CC)c(O)c1C(C)CC. The molecule has 1 unspecified atom stereocenters. The normalized spacial score (nSPS) is 13.1. The monoisotopic (exact) mass is 210 g/mol. The quantitative estimate of drug-likeness (QED) is 0.811. The van der Waals surface area contributed by atoms with E-state index in [1.54, 1.807) is 0 Å². The molecule has 86 valence electrons. The summed E-state index contributed by atoms with van der Waals surface area (Å²) in [4.78, 5) is 0. The third-order valence-electron chi connectivity index (χ3n) is 2.88. The largest absolute Gasteiger partial charge is 0.504 e. The van der Waals surface area contributed by atoms with Gasteiger partial charge in [0.1, 0.15) is 5.69 Å². The molecule has 0 aliphatic carbocycles. The van der Waals surface area contributed by atoms with E-state index >= 15 is 0 Å². The number of aromatic nitrogens is 2. The second-order valence-electron chi connectivity index (χ2n) is 4.07. The van der Waals surface area contributed by atoms with Crippen LogP contribution in [0.2, 0.25) is 0 Å². The van der Waals surface area contributed by atoms with E-state index in [1.807, 2.05) is 11.6 Å². The molecule has 15 heavy (non-hydrogen) atoms. The molecule has 1 atom stereocenters. The van der Waals surface area contributed by atoms with E-state index in [9.17, 15) is 5.11 Å². The Kier molecular flexibility index (Phi) is 4.18. The molecule has 1 N–H and O–H groups in total. The van der Waals surface area contributed by atoms with Crippen molar-refractivity contribution in [1.29, 1.82) is 0 Å². The maximum absolute atomic E-state index is 10.1. The van der Waals surface area contributed by atoms with Crippen molar-refractivity contribution < 1.29 is 5.11 Å². The minimum atomic E-state index is 0.379. The third kappa shape index (κ3) is 2.33. The Hall–Kier alpha value is -0.990. The smallest absolute Gasteiger partial charge is 0.160 e. The van der Waals surface area contributed by atoms with Crippen LogP contribution in [0.15, 0.2) is 0 Å². The van der Waals surface area contributed by atoms with Crippen molar-refractivity contribution in [3.63, 3.8) is 0 Å². The standard InChI is InChI=1S/C12H22N2O/c1-5-8-14-11(9(4)6-2)12(15)10(7-3)13-14/h9,15H,5-8H2,1-4H3. The summed E-state index contributed by atoms with van der Waals surface area (Å²) in [5.41, 5.74) is 1.84. The van der Waals surface area contributed by atoms with Gasteiger partial charge in [0.15, 0.2) is 5.75 Å². The Labute approximate surface area is 92.1 Å². The molecule has 0 spiro atoms. The van der Waals surface area contributed by atoms with Gasteiger partial charge in [-0.1, -0.05) is 27.7 Å². The van der Waals surface area contributed by atoms with Gasteiger partial charge in [-0.2, -0.15) is 5.10 Å². The van der Waals surface area contributed by atoms with Crippen molar-refractivity contribution >= 4 is 0 Å². The molecule has 0 radical (unpaired) electrons. The van der Waals surface area contributed by atoms with E-state index in [2.05, 4.69) is 25.9 Å². The second-order valence-corrected chi connectivity index (χ2v) is 4.07. The van der Waals surface area contributed by atoms with E-state index in [0.29, 0.717) is 11.7 Å². The first-order valence-electron chi connectivity index (χ1n) is 5.94. The van der Waals surface area contributed by atoms with Crippen molar-refractivity contribution in [2.24, 2.45) is 0 Å². The molecule has 1 rings (SSSR count). The van der Waals surface area contributed by atoms with Gasteiger partial charge in [-0.3, -0.25) is 4.68 Å². The van der Waals surface area contributed by atoms with Gasteiger partial charge in [0.05, 0.1) is 5.69 Å². The first kappa shape index (κ1) is 12.1. The summed E-state index contributed by atoms with van der Waals surface area (Å²) in [7, 11) is 0. The van der Waals surface area contributed by atoms with Gasteiger partial charge >= 0.3 is 0 Å². The first-order chi connectivity index (χ1) is 7.15. The highest BCUT2D eigenvalue weighted by Crippen LogP contribution is 2.31. The summed E-state index contributed by atoms with van der Waals surface area (Å²) >= 11 is 0. The molecule has 0 saturated heterocycles. The molecular formula is C12H22N2O. The highest BCUT2D eigenvalue weighted by Gasteiger charge is 2.19. The van der Waals surface area contributed by atoms with Gasteiger partial charge in [-0.25, -0.2) is 0 Å². The Morgan fingerprint density at radius 2 is 2.00 bits per heavy atom. The zero-order valence-corrected chi connectivity index (χ0v) is 10.2. The Morgan fingerprint density at radius 1 is 1.33 bits per heavy atom. The Morgan fingerprint density at radius 3 is 2.47 bits per heavy atom. The molecule has 0 amide bonds. The first-order valence-corrected chi connectivity index (χ1v) is 5.94. The summed E-state index contributed by atoms with van der Waals surface area (Å²) in [5, 5.41) is 14.5. The van der Waals surface area contributed by atoms with Crippen LogP contribution >= 0.6 is 0 Å². The van der Waals surface area contributed by atoms with Gasteiger partial charge in [0.25, 0.3) is 0 Å². The van der Waals surface area contributed by atoms with Crippen molar-refractivity contribution in [3.8, 4) is 5.75 Å². The minimum Gasteiger partial charge on any atom is -0.504 e. The second kappa shape index (κ2) is 5.19. The molecule has 0 aliphatic rings. The van der Waals surface area contributed by atoms with Crippen molar-refractivity contribution in [2.45, 2.75) is 59.4 Å². The van der Waals surface area contributed by atoms with E-state index in [1.165, 1.54) is 0 Å². The van der Waals surface area contributed by atoms with Gasteiger partial charge in [0, 0.05) is 12.5 Å². The molecule has 0 fully saturated rings. The number of hydrogen-bond donors (Lipinski definition) is 1. The van der Waals surface area contributed by atoms with E-state index in [0.717, 1.165) is 37.2 Å². The van der Waals surface area contributed by atoms with Crippen LogP contribution in [0.5, 0.6) is 5.75 Å². The minimum absolute atomic E-state index is 0.379. The fraction of sp³-hybridized carbons (Fsp3) is 0.750. The number of rotatable bonds is 5. The summed E-state index contributed by atoms with van der Waals surface area (Å²) in [6.07, 6.45) is 2.88. The lowest BCUT2D eigenvalue weighted by molar-refractivity contribution is 0.447. The number of aromatic hydroxyl groups is 1. The van der Waals surface area contributed by atoms with Gasteiger partial charge in [-0.05, 0) is 19.3 Å². The average Bonchev–Trinajstić information content (AvgIpc) is 2.55. The summed E-state index contributed by atoms with van der Waals surface area (Å²) in [5.74, 6) is 0.796. The molecule has 0 aromatic carbocycles. The highest BCUT2D eigenvalue weighted by atomic mass is 16.3. The van der Waals surface area contributed by atoms with Crippen LogP contribution in [0.4, 0.5) is 0 Å². The van der Waals surface area contributed by atoms with Crippen LogP contribution in [-0.2, 0) is 13.0 Å². The van der Waals surface area contributed by atoms with Crippen molar-refractivity contribution in [3.05, 3.63) is 11.4 Å². The van der Waals surface area contributed by atoms with Gasteiger partial charge in [-0.15, -0.1) is 0 Å². The highest BCUT2D eigenvalue weighted by molar-refractivity contribution is 5.34. The van der Waals surface area contributed by atoms with Gasteiger partial charge < -0.3 is 5.11 Å². The zero-order valence-electron chi connectivity index (χ0n) is 10.2. The van der Waals surface area contributed by atoms with E-state index < -0.39 is 0 Å². The van der Waals surface area contributed by atoms with Crippen molar-refractivity contribution in [2.75, 3.05) is 0 Å². The molecule has 3 nitrogen and oxygen atoms in total. The average molecular weight is 210 g/mol. The van der Waals surface area contributed by atoms with Crippen LogP contribution < -0.4 is 0 Å². The third-order valence-corrected chi connectivity index (χ3v) is 2.88. The van der Waals surface area contributed by atoms with E-state index in [4.69, 9.17) is 0 Å². The number of nitrogens with zero attached hydrogens (tertiary/aromatic N) is 2. The zero-order chi connectivity index (χ0) is 11.4. The van der Waals surface area contributed by atoms with Crippen LogP contribution in [0, 0.1) is 0 Å². The molecule has 0 aliphatic heterocycles. The molecule has 1 aromatic heterocycles. The summed E-state index contributed by atoms with van der Waals surface area (Å²) in [6.45, 7) is 9.33. The predicted molar refractivity (Wildman–Crippen MR) is 62.3 cm³/mol. The lowest BCUT2D eigenvalue weighted by atomic mass is 10.0. The Balaban J connectivity index is 3.12. The molecule has 3 heteroatoms. The fourth-order valence-corrected chi connectivity index (χ4v) is 1.82. The summed E-state index contributed by atoms with van der Waals surface area (Å²) in [6, 6.07) is 0. The van der Waals surface area contributed by atoms with Gasteiger partial charge in [0.2, 0.25) is 0 Å². The number of aryl methyl sites for hydroxylation is 2. The lowest BCUT2D eigenvalue weighted by Gasteiger charge is -2.11. The molecule has 0 bridgehead atoms. The molecule has 1 heterocycles. The van der Waals surface area contributed by atoms with E-state index in [-0.39, 0.29) is 0 Å². The maximum atomic E-state index is 10.1. The van der Waals surface area contributed by atoms with Crippen LogP contribution in [0.3, 0.4) is 0 Å². The molecular weight excluding hydrogens is 188 g/mol. The topological polar surface area (TPSA) is 38.0 Å². The van der Waals surface area contributed by atoms with Crippen LogP contribution in [0.1, 0.15) is 57.8 Å². The van der Waals surface area contributed by atoms with Crippen molar-refractivity contribution in [1.82, 2.24) is 9.78 Å². The van der Waals surface area contributed by atoms with Crippen LogP contribution in [-0.4, -0.2) is 14.9 Å². The van der Waals surface area contributed by atoms with Crippen LogP contribution in [0.25, 0.3) is 0 Å². The number of hydrogen-bond acceptors (Lipinski definition) is 2. The molecule has 0 saturated carbocycles. The summed E-state index contributed by atoms with van der Waals surface area (Å²) < 4.78 is 1.97. The fourth-order valence-electron chi connectivity index (χ4n) is 1.82. The predicted octanol–water partition coefficient (Wildman–Crippen LogP) is 3.07. The lowest BCUT2D eigenvalue weighted by Crippen LogP contribution is -2.07. The molecule has 1 aromatic rings. The maximum Gasteiger partial charge on any atom is 0.160 e. The Bertz CT molecular complexity index is 318.